The van der Waals surface area contributed by atoms with Crippen molar-refractivity contribution in [2.24, 2.45) is 0 Å². The van der Waals surface area contributed by atoms with Gasteiger partial charge in [-0.05, 0) is 36.2 Å². The average Bonchev–Trinajstić information content (AvgIpc) is 2.72. The fourth-order valence-electron chi connectivity index (χ4n) is 3.10. The maximum Gasteiger partial charge on any atom is 0.327 e. The van der Waals surface area contributed by atoms with Crippen LogP contribution in [0.3, 0.4) is 0 Å². The lowest BCUT2D eigenvalue weighted by Gasteiger charge is -2.23. The standard InChI is InChI=1S/C21H27ClN2O4S/c1-5-24(6-2)29(26,27)17-13-11-16(12-14-17)15(3)23-20(21(25)28-4)18-9-7-8-10-19(18)22/h7-15,20,23H,5-6H2,1-4H3. The van der Waals surface area contributed by atoms with Gasteiger partial charge in [-0.1, -0.05) is 55.8 Å². The summed E-state index contributed by atoms with van der Waals surface area (Å²) in [4.78, 5) is 12.6. The van der Waals surface area contributed by atoms with Gasteiger partial charge in [-0.25, -0.2) is 13.2 Å². The number of esters is 1. The van der Waals surface area contributed by atoms with Gasteiger partial charge in [-0.3, -0.25) is 5.32 Å². The van der Waals surface area contributed by atoms with Crippen LogP contribution in [0, 0.1) is 0 Å². The fraction of sp³-hybridized carbons (Fsp3) is 0.381. The Hall–Kier alpha value is -1.93. The van der Waals surface area contributed by atoms with Crippen molar-refractivity contribution >= 4 is 27.6 Å². The first-order valence-electron chi connectivity index (χ1n) is 9.44. The lowest BCUT2D eigenvalue weighted by molar-refractivity contribution is -0.143. The Kier molecular flexibility index (Phi) is 8.22. The molecule has 0 fully saturated rings. The van der Waals surface area contributed by atoms with Gasteiger partial charge < -0.3 is 4.74 Å². The second-order valence-electron chi connectivity index (χ2n) is 6.52. The molecule has 29 heavy (non-hydrogen) atoms. The summed E-state index contributed by atoms with van der Waals surface area (Å²) in [6.45, 7) is 6.33. The van der Waals surface area contributed by atoms with Crippen molar-refractivity contribution in [3.63, 3.8) is 0 Å². The molecule has 0 aliphatic rings. The van der Waals surface area contributed by atoms with E-state index >= 15 is 0 Å². The van der Waals surface area contributed by atoms with Gasteiger partial charge in [0.15, 0.2) is 0 Å². The molecule has 0 aliphatic carbocycles. The number of rotatable bonds is 9. The van der Waals surface area contributed by atoms with Crippen molar-refractivity contribution in [3.8, 4) is 0 Å². The lowest BCUT2D eigenvalue weighted by atomic mass is 10.0. The molecule has 0 heterocycles. The molecule has 2 unspecified atom stereocenters. The smallest absolute Gasteiger partial charge is 0.327 e. The highest BCUT2D eigenvalue weighted by molar-refractivity contribution is 7.89. The van der Waals surface area contributed by atoms with Gasteiger partial charge in [-0.2, -0.15) is 4.31 Å². The summed E-state index contributed by atoms with van der Waals surface area (Å²) in [6.07, 6.45) is 0. The number of carbonyl (C=O) groups is 1. The van der Waals surface area contributed by atoms with Crippen molar-refractivity contribution in [3.05, 3.63) is 64.7 Å². The maximum atomic E-state index is 12.6. The molecule has 0 aromatic heterocycles. The number of hydrogen-bond donors (Lipinski definition) is 1. The molecule has 0 aliphatic heterocycles. The van der Waals surface area contributed by atoms with Gasteiger partial charge in [0.1, 0.15) is 6.04 Å². The van der Waals surface area contributed by atoms with Crippen molar-refractivity contribution in [1.29, 1.82) is 0 Å². The minimum atomic E-state index is -3.51. The zero-order valence-electron chi connectivity index (χ0n) is 17.1. The van der Waals surface area contributed by atoms with Crippen LogP contribution in [-0.4, -0.2) is 38.9 Å². The summed E-state index contributed by atoms with van der Waals surface area (Å²) < 4.78 is 31.6. The number of halogens is 1. The number of ether oxygens (including phenoxy) is 1. The summed E-state index contributed by atoms with van der Waals surface area (Å²) in [6, 6.07) is 12.7. The zero-order valence-corrected chi connectivity index (χ0v) is 18.6. The SMILES string of the molecule is CCN(CC)S(=O)(=O)c1ccc(C(C)NC(C(=O)OC)c2ccccc2Cl)cc1. The number of sulfonamides is 1. The summed E-state index contributed by atoms with van der Waals surface area (Å²) in [5.74, 6) is -0.453. The number of hydrogen-bond acceptors (Lipinski definition) is 5. The van der Waals surface area contributed by atoms with E-state index in [1.165, 1.54) is 11.4 Å². The molecule has 0 saturated carbocycles. The second kappa shape index (κ2) is 10.2. The van der Waals surface area contributed by atoms with E-state index in [4.69, 9.17) is 16.3 Å². The van der Waals surface area contributed by atoms with Crippen LogP contribution >= 0.6 is 11.6 Å². The third kappa shape index (κ3) is 5.36. The molecule has 0 spiro atoms. The molecule has 0 saturated heterocycles. The van der Waals surface area contributed by atoms with Gasteiger partial charge in [0.2, 0.25) is 10.0 Å². The topological polar surface area (TPSA) is 75.7 Å². The molecular weight excluding hydrogens is 412 g/mol. The lowest BCUT2D eigenvalue weighted by Crippen LogP contribution is -2.32. The minimum Gasteiger partial charge on any atom is -0.468 e. The first kappa shape index (κ1) is 23.3. The predicted octanol–water partition coefficient (Wildman–Crippen LogP) is 3.94. The van der Waals surface area contributed by atoms with Crippen LogP contribution in [0.2, 0.25) is 5.02 Å². The van der Waals surface area contributed by atoms with E-state index in [-0.39, 0.29) is 10.9 Å². The van der Waals surface area contributed by atoms with Crippen molar-refractivity contribution in [2.45, 2.75) is 37.8 Å². The first-order chi connectivity index (χ1) is 13.8. The van der Waals surface area contributed by atoms with Crippen molar-refractivity contribution in [2.75, 3.05) is 20.2 Å². The molecule has 158 valence electrons. The van der Waals surface area contributed by atoms with E-state index in [2.05, 4.69) is 5.32 Å². The maximum absolute atomic E-state index is 12.6. The second-order valence-corrected chi connectivity index (χ2v) is 8.87. The third-order valence-corrected chi connectivity index (χ3v) is 7.20. The van der Waals surface area contributed by atoms with Crippen LogP contribution in [0.25, 0.3) is 0 Å². The normalized spacial score (nSPS) is 13.9. The Morgan fingerprint density at radius 1 is 1.10 bits per heavy atom. The van der Waals surface area contributed by atoms with Gasteiger partial charge in [0.05, 0.1) is 12.0 Å². The summed E-state index contributed by atoms with van der Waals surface area (Å²) in [5.41, 5.74) is 1.46. The number of benzene rings is 2. The van der Waals surface area contributed by atoms with E-state index in [1.807, 2.05) is 20.8 Å². The van der Waals surface area contributed by atoms with Crippen LogP contribution in [0.15, 0.2) is 53.4 Å². The fourth-order valence-corrected chi connectivity index (χ4v) is 4.80. The summed E-state index contributed by atoms with van der Waals surface area (Å²) in [5, 5.41) is 3.69. The monoisotopic (exact) mass is 438 g/mol. The molecule has 2 aromatic rings. The number of methoxy groups -OCH3 is 1. The molecule has 0 radical (unpaired) electrons. The average molecular weight is 439 g/mol. The van der Waals surface area contributed by atoms with Crippen LogP contribution in [0.1, 0.15) is 44.0 Å². The van der Waals surface area contributed by atoms with Crippen LogP contribution < -0.4 is 5.32 Å². The Morgan fingerprint density at radius 3 is 2.21 bits per heavy atom. The van der Waals surface area contributed by atoms with Crippen LogP contribution in [-0.2, 0) is 19.6 Å². The Labute approximate surface area is 177 Å². The molecule has 6 nitrogen and oxygen atoms in total. The molecule has 2 rings (SSSR count). The number of carbonyl (C=O) groups excluding carboxylic acids is 1. The molecule has 2 atom stereocenters. The highest BCUT2D eigenvalue weighted by Gasteiger charge is 2.26. The molecule has 0 amide bonds. The Balaban J connectivity index is 2.26. The third-order valence-electron chi connectivity index (χ3n) is 4.79. The predicted molar refractivity (Wildman–Crippen MR) is 114 cm³/mol. The van der Waals surface area contributed by atoms with Gasteiger partial charge in [0.25, 0.3) is 0 Å². The summed E-state index contributed by atoms with van der Waals surface area (Å²) >= 11 is 6.26. The molecule has 0 bridgehead atoms. The molecule has 1 N–H and O–H groups in total. The highest BCUT2D eigenvalue weighted by Crippen LogP contribution is 2.27. The van der Waals surface area contributed by atoms with E-state index in [9.17, 15) is 13.2 Å². The first-order valence-corrected chi connectivity index (χ1v) is 11.3. The van der Waals surface area contributed by atoms with Crippen LogP contribution in [0.4, 0.5) is 0 Å². The molecular formula is C21H27ClN2O4S. The van der Waals surface area contributed by atoms with E-state index < -0.39 is 22.0 Å². The van der Waals surface area contributed by atoms with E-state index in [1.54, 1.807) is 48.5 Å². The van der Waals surface area contributed by atoms with Gasteiger partial charge >= 0.3 is 5.97 Å². The number of nitrogens with one attached hydrogen (secondary N) is 1. The minimum absolute atomic E-state index is 0.243. The van der Waals surface area contributed by atoms with E-state index in [0.717, 1.165) is 5.56 Å². The Bertz CT molecular complexity index is 928. The summed E-state index contributed by atoms with van der Waals surface area (Å²) in [7, 11) is -2.19. The highest BCUT2D eigenvalue weighted by atomic mass is 35.5. The molecule has 2 aromatic carbocycles. The van der Waals surface area contributed by atoms with Gasteiger partial charge in [0, 0.05) is 24.2 Å². The van der Waals surface area contributed by atoms with E-state index in [0.29, 0.717) is 23.7 Å². The zero-order chi connectivity index (χ0) is 21.6. The number of nitrogens with zero attached hydrogens (tertiary/aromatic N) is 1. The van der Waals surface area contributed by atoms with Crippen molar-refractivity contribution in [1.82, 2.24) is 9.62 Å². The quantitative estimate of drug-likeness (QED) is 0.600. The largest absolute Gasteiger partial charge is 0.468 e. The Morgan fingerprint density at radius 2 is 1.69 bits per heavy atom. The van der Waals surface area contributed by atoms with Crippen LogP contribution in [0.5, 0.6) is 0 Å². The molecule has 8 heteroatoms. The van der Waals surface area contributed by atoms with Crippen molar-refractivity contribution < 1.29 is 17.9 Å². The van der Waals surface area contributed by atoms with Gasteiger partial charge in [-0.15, -0.1) is 0 Å².